The summed E-state index contributed by atoms with van der Waals surface area (Å²) in [6.07, 6.45) is 0.725. The van der Waals surface area contributed by atoms with Gasteiger partial charge in [0.25, 0.3) is 0 Å². The predicted molar refractivity (Wildman–Crippen MR) is 109 cm³/mol. The Labute approximate surface area is 160 Å². The molecule has 130 valence electrons. The molecule has 26 heavy (non-hydrogen) atoms. The normalized spacial score (nSPS) is 16.4. The zero-order valence-corrected chi connectivity index (χ0v) is 15.4. The first-order valence-electron chi connectivity index (χ1n) is 8.23. The number of nitrogens with zero attached hydrogens (tertiary/aromatic N) is 2. The number of nitrogens with one attached hydrogen (secondary N) is 1. The summed E-state index contributed by atoms with van der Waals surface area (Å²) in [7, 11) is 0. The summed E-state index contributed by atoms with van der Waals surface area (Å²) in [5.41, 5.74) is 2.89. The first-order chi connectivity index (χ1) is 12.7. The summed E-state index contributed by atoms with van der Waals surface area (Å²) in [6.45, 7) is 0. The fraction of sp³-hybridized carbons (Fsp3) is 0.100. The lowest BCUT2D eigenvalue weighted by molar-refractivity contribution is 0.375. The third kappa shape index (κ3) is 3.52. The van der Waals surface area contributed by atoms with Crippen molar-refractivity contribution in [2.24, 2.45) is 5.10 Å². The fourth-order valence-electron chi connectivity index (χ4n) is 2.94. The van der Waals surface area contributed by atoms with Gasteiger partial charge in [-0.1, -0.05) is 36.4 Å². The Morgan fingerprint density at radius 1 is 1.08 bits per heavy atom. The van der Waals surface area contributed by atoms with E-state index in [0.29, 0.717) is 5.11 Å². The van der Waals surface area contributed by atoms with Crippen LogP contribution >= 0.6 is 23.6 Å². The molecule has 0 bridgehead atoms. The highest BCUT2D eigenvalue weighted by Crippen LogP contribution is 2.34. The number of thiocarbonyl (C=S) groups is 1. The van der Waals surface area contributed by atoms with E-state index < -0.39 is 0 Å². The van der Waals surface area contributed by atoms with Crippen molar-refractivity contribution in [2.75, 3.05) is 5.32 Å². The van der Waals surface area contributed by atoms with Gasteiger partial charge < -0.3 is 5.32 Å². The van der Waals surface area contributed by atoms with Crippen molar-refractivity contribution < 1.29 is 4.39 Å². The van der Waals surface area contributed by atoms with Gasteiger partial charge in [-0.3, -0.25) is 0 Å². The number of hydrogen-bond acceptors (Lipinski definition) is 3. The topological polar surface area (TPSA) is 27.6 Å². The Kier molecular flexibility index (Phi) is 4.77. The van der Waals surface area contributed by atoms with Gasteiger partial charge in [-0.15, -0.1) is 11.3 Å². The van der Waals surface area contributed by atoms with Gasteiger partial charge in [0.1, 0.15) is 5.82 Å². The molecule has 1 atom stereocenters. The second-order valence-corrected chi connectivity index (χ2v) is 7.27. The smallest absolute Gasteiger partial charge is 0.194 e. The Morgan fingerprint density at radius 2 is 1.85 bits per heavy atom. The van der Waals surface area contributed by atoms with Crippen LogP contribution in [0, 0.1) is 5.82 Å². The molecule has 2 aromatic carbocycles. The first kappa shape index (κ1) is 16.9. The minimum Gasteiger partial charge on any atom is -0.331 e. The van der Waals surface area contributed by atoms with E-state index in [1.807, 2.05) is 46.8 Å². The summed E-state index contributed by atoms with van der Waals surface area (Å²) >= 11 is 7.27. The van der Waals surface area contributed by atoms with E-state index in [0.717, 1.165) is 28.3 Å². The lowest BCUT2D eigenvalue weighted by atomic mass is 10.0. The molecule has 3 aromatic rings. The molecule has 0 fully saturated rings. The van der Waals surface area contributed by atoms with Crippen LogP contribution in [-0.4, -0.2) is 15.8 Å². The summed E-state index contributed by atoms with van der Waals surface area (Å²) in [5, 5.41) is 12.4. The minimum atomic E-state index is -0.248. The Hall–Kier alpha value is -2.57. The van der Waals surface area contributed by atoms with E-state index in [1.165, 1.54) is 12.1 Å². The number of benzene rings is 2. The fourth-order valence-corrected chi connectivity index (χ4v) is 3.94. The van der Waals surface area contributed by atoms with Crippen LogP contribution in [-0.2, 0) is 0 Å². The molecule has 0 amide bonds. The highest BCUT2D eigenvalue weighted by molar-refractivity contribution is 7.80. The minimum absolute atomic E-state index is 0.0589. The van der Waals surface area contributed by atoms with Crippen LogP contribution in [0.5, 0.6) is 0 Å². The van der Waals surface area contributed by atoms with Gasteiger partial charge in [0.15, 0.2) is 5.11 Å². The molecule has 1 aliphatic rings. The number of hydrazone groups is 1. The van der Waals surface area contributed by atoms with E-state index in [-0.39, 0.29) is 11.9 Å². The van der Waals surface area contributed by atoms with Crippen LogP contribution in [0.3, 0.4) is 0 Å². The molecule has 6 heteroatoms. The predicted octanol–water partition coefficient (Wildman–Crippen LogP) is 5.44. The molecule has 0 spiro atoms. The van der Waals surface area contributed by atoms with Crippen LogP contribution in [0.15, 0.2) is 77.2 Å². The van der Waals surface area contributed by atoms with Gasteiger partial charge in [0.05, 0.1) is 16.6 Å². The number of rotatable bonds is 3. The summed E-state index contributed by atoms with van der Waals surface area (Å²) in [5.74, 6) is -0.248. The molecule has 0 saturated carbocycles. The van der Waals surface area contributed by atoms with Crippen LogP contribution in [0.25, 0.3) is 0 Å². The second-order valence-electron chi connectivity index (χ2n) is 5.94. The van der Waals surface area contributed by atoms with Crippen molar-refractivity contribution in [1.29, 1.82) is 0 Å². The maximum Gasteiger partial charge on any atom is 0.194 e. The molecule has 0 aliphatic carbocycles. The number of para-hydroxylation sites is 1. The molecule has 1 N–H and O–H groups in total. The average Bonchev–Trinajstić information content (AvgIpc) is 3.33. The molecule has 0 unspecified atom stereocenters. The molecule has 0 radical (unpaired) electrons. The molecule has 0 saturated heterocycles. The highest BCUT2D eigenvalue weighted by atomic mass is 32.1. The molecule has 1 aliphatic heterocycles. The van der Waals surface area contributed by atoms with Crippen molar-refractivity contribution in [2.45, 2.75) is 12.5 Å². The van der Waals surface area contributed by atoms with Gasteiger partial charge >= 0.3 is 0 Å². The van der Waals surface area contributed by atoms with E-state index in [1.54, 1.807) is 23.5 Å². The molecule has 3 nitrogen and oxygen atoms in total. The van der Waals surface area contributed by atoms with Crippen molar-refractivity contribution in [1.82, 2.24) is 5.01 Å². The lowest BCUT2D eigenvalue weighted by Gasteiger charge is -2.24. The summed E-state index contributed by atoms with van der Waals surface area (Å²) < 4.78 is 13.3. The number of halogens is 1. The zero-order valence-electron chi connectivity index (χ0n) is 13.8. The van der Waals surface area contributed by atoms with Crippen LogP contribution in [0.4, 0.5) is 10.1 Å². The number of anilines is 1. The van der Waals surface area contributed by atoms with E-state index in [4.69, 9.17) is 17.3 Å². The third-order valence-corrected chi connectivity index (χ3v) is 5.41. The van der Waals surface area contributed by atoms with E-state index in [9.17, 15) is 4.39 Å². The van der Waals surface area contributed by atoms with Crippen molar-refractivity contribution in [3.05, 3.63) is 88.4 Å². The van der Waals surface area contributed by atoms with Crippen molar-refractivity contribution in [3.63, 3.8) is 0 Å². The van der Waals surface area contributed by atoms with Crippen molar-refractivity contribution in [3.8, 4) is 0 Å². The molecule has 4 rings (SSSR count). The van der Waals surface area contributed by atoms with Gasteiger partial charge in [-0.2, -0.15) is 5.10 Å². The second kappa shape index (κ2) is 7.35. The Bertz CT molecular complexity index is 921. The molecular weight excluding hydrogens is 365 g/mol. The van der Waals surface area contributed by atoms with Gasteiger partial charge in [-0.25, -0.2) is 9.40 Å². The SMILES string of the molecule is Fc1ccc([C@@H]2CC(c3cccs3)=NN2C(=S)Nc2ccccc2)cc1. The Morgan fingerprint density at radius 3 is 2.54 bits per heavy atom. The van der Waals surface area contributed by atoms with Gasteiger partial charge in [0, 0.05) is 12.1 Å². The average molecular weight is 382 g/mol. The maximum atomic E-state index is 13.3. The van der Waals surface area contributed by atoms with Crippen molar-refractivity contribution >= 4 is 40.1 Å². The number of hydrogen-bond donors (Lipinski definition) is 1. The first-order valence-corrected chi connectivity index (χ1v) is 9.51. The lowest BCUT2D eigenvalue weighted by Crippen LogP contribution is -2.31. The summed E-state index contributed by atoms with van der Waals surface area (Å²) in [6, 6.07) is 20.3. The molecule has 1 aromatic heterocycles. The van der Waals surface area contributed by atoms with Crippen LogP contribution in [0.1, 0.15) is 22.9 Å². The third-order valence-electron chi connectivity index (χ3n) is 4.20. The number of thiophene rings is 1. The molecular formula is C20H16FN3S2. The quantitative estimate of drug-likeness (QED) is 0.613. The van der Waals surface area contributed by atoms with Gasteiger partial charge in [0.2, 0.25) is 0 Å². The highest BCUT2D eigenvalue weighted by Gasteiger charge is 2.31. The summed E-state index contributed by atoms with van der Waals surface area (Å²) in [4.78, 5) is 1.13. The van der Waals surface area contributed by atoms with E-state index >= 15 is 0 Å². The standard InChI is InChI=1S/C20H16FN3S2/c21-15-10-8-14(9-11-15)18-13-17(19-7-4-12-26-19)23-24(18)20(25)22-16-5-2-1-3-6-16/h1-12,18H,13H2,(H,22,25)/t18-/m0/s1. The maximum absolute atomic E-state index is 13.3. The monoisotopic (exact) mass is 381 g/mol. The zero-order chi connectivity index (χ0) is 17.9. The Balaban J connectivity index is 1.64. The van der Waals surface area contributed by atoms with E-state index in [2.05, 4.69) is 11.4 Å². The molecule has 2 heterocycles. The van der Waals surface area contributed by atoms with Gasteiger partial charge in [-0.05, 0) is 53.5 Å². The van der Waals surface area contributed by atoms with Crippen LogP contribution < -0.4 is 5.32 Å². The van der Waals surface area contributed by atoms with Crippen LogP contribution in [0.2, 0.25) is 0 Å². The largest absolute Gasteiger partial charge is 0.331 e.